The molecule has 2 aliphatic rings. The quantitative estimate of drug-likeness (QED) is 0.563. The first kappa shape index (κ1) is 21.0. The van der Waals surface area contributed by atoms with Gasteiger partial charge in [0.2, 0.25) is 0 Å². The van der Waals surface area contributed by atoms with E-state index in [0.29, 0.717) is 22.2 Å². The molecule has 0 spiro atoms. The Morgan fingerprint density at radius 2 is 1.70 bits per heavy atom. The van der Waals surface area contributed by atoms with E-state index in [1.807, 2.05) is 0 Å². The minimum absolute atomic E-state index is 0.108. The second-order valence-corrected chi connectivity index (χ2v) is 8.68. The molecule has 1 aliphatic heterocycles. The second-order valence-electron chi connectivity index (χ2n) is 8.27. The third-order valence-corrected chi connectivity index (χ3v) is 6.67. The molecule has 1 saturated heterocycles. The van der Waals surface area contributed by atoms with Crippen molar-refractivity contribution in [3.05, 3.63) is 53.6 Å². The van der Waals surface area contributed by atoms with Crippen LogP contribution in [-0.4, -0.2) is 23.2 Å². The summed E-state index contributed by atoms with van der Waals surface area (Å²) in [5.74, 6) is 1.45. The average molecular weight is 435 g/mol. The van der Waals surface area contributed by atoms with Crippen molar-refractivity contribution < 1.29 is 18.3 Å². The van der Waals surface area contributed by atoms with E-state index in [4.69, 9.17) is 12.2 Å². The highest BCUT2D eigenvalue weighted by Gasteiger charge is 2.34. The molecule has 0 amide bonds. The van der Waals surface area contributed by atoms with Gasteiger partial charge < -0.3 is 15.3 Å². The van der Waals surface area contributed by atoms with E-state index >= 15 is 0 Å². The molecule has 2 fully saturated rings. The van der Waals surface area contributed by atoms with Crippen molar-refractivity contribution in [1.82, 2.24) is 0 Å². The molecule has 0 unspecified atom stereocenters. The summed E-state index contributed by atoms with van der Waals surface area (Å²) in [7, 11) is 0. The van der Waals surface area contributed by atoms with Crippen molar-refractivity contribution in [2.75, 3.05) is 23.3 Å². The van der Waals surface area contributed by atoms with Crippen LogP contribution in [0.5, 0.6) is 5.75 Å². The number of aromatic hydroxyl groups is 1. The molecule has 4 rings (SSSR count). The zero-order chi connectivity index (χ0) is 21.3. The van der Waals surface area contributed by atoms with Crippen molar-refractivity contribution in [2.24, 2.45) is 11.8 Å². The molecule has 0 bridgehead atoms. The fourth-order valence-corrected chi connectivity index (χ4v) is 4.96. The number of fused-ring (bicyclic) bond motifs is 1. The first-order valence-electron chi connectivity index (χ1n) is 10.4. The van der Waals surface area contributed by atoms with E-state index in [-0.39, 0.29) is 5.75 Å². The van der Waals surface area contributed by atoms with Crippen LogP contribution in [0.2, 0.25) is 0 Å². The van der Waals surface area contributed by atoms with Crippen LogP contribution < -0.4 is 10.2 Å². The number of nitrogens with one attached hydrogen (secondary N) is 1. The summed E-state index contributed by atoms with van der Waals surface area (Å²) in [6.07, 6.45) is 1.63. The predicted molar refractivity (Wildman–Crippen MR) is 117 cm³/mol. The van der Waals surface area contributed by atoms with Crippen molar-refractivity contribution in [2.45, 2.75) is 38.3 Å². The number of halogens is 3. The molecule has 0 radical (unpaired) electrons. The number of hydrogen-bond acceptors (Lipinski definition) is 3. The maximum Gasteiger partial charge on any atom is 0.416 e. The monoisotopic (exact) mass is 434 g/mol. The van der Waals surface area contributed by atoms with Gasteiger partial charge in [0.1, 0.15) is 10.7 Å². The van der Waals surface area contributed by atoms with Gasteiger partial charge in [0.05, 0.1) is 16.9 Å². The molecule has 2 N–H and O–H groups in total. The summed E-state index contributed by atoms with van der Waals surface area (Å²) in [4.78, 5) is 2.53. The Labute approximate surface area is 179 Å². The first-order chi connectivity index (χ1) is 14.3. The van der Waals surface area contributed by atoms with Crippen LogP contribution in [0.4, 0.5) is 24.5 Å². The lowest BCUT2D eigenvalue weighted by atomic mass is 9.75. The lowest BCUT2D eigenvalue weighted by Crippen LogP contribution is -2.42. The van der Waals surface area contributed by atoms with Gasteiger partial charge in [-0.2, -0.15) is 13.2 Å². The Bertz CT molecular complexity index is 914. The standard InChI is InChI=1S/C23H25F3N2OS/c24-23(25,26)18-7-10-21(28-12-11-15-3-1-2-4-17(15)14-28)20(13-18)27-22(30)16-5-8-19(29)9-6-16/h5-10,13,15,17,29H,1-4,11-12,14H2,(H,27,30)/t15-,17-/m1/s1. The van der Waals surface area contributed by atoms with Crippen LogP contribution in [-0.2, 0) is 6.18 Å². The number of piperidine rings is 1. The lowest BCUT2D eigenvalue weighted by Gasteiger charge is -2.43. The zero-order valence-electron chi connectivity index (χ0n) is 16.6. The maximum absolute atomic E-state index is 13.4. The van der Waals surface area contributed by atoms with Crippen molar-refractivity contribution in [1.29, 1.82) is 0 Å². The van der Waals surface area contributed by atoms with Gasteiger partial charge >= 0.3 is 6.18 Å². The molecule has 2 aromatic rings. The zero-order valence-corrected chi connectivity index (χ0v) is 17.4. The van der Waals surface area contributed by atoms with Crippen LogP contribution in [0.15, 0.2) is 42.5 Å². The highest BCUT2D eigenvalue weighted by molar-refractivity contribution is 7.81. The van der Waals surface area contributed by atoms with Gasteiger partial charge in [0, 0.05) is 18.7 Å². The van der Waals surface area contributed by atoms with E-state index in [1.54, 1.807) is 18.2 Å². The highest BCUT2D eigenvalue weighted by atomic mass is 32.1. The highest BCUT2D eigenvalue weighted by Crippen LogP contribution is 2.41. The molecule has 2 atom stereocenters. The summed E-state index contributed by atoms with van der Waals surface area (Å²) in [6, 6.07) is 10.2. The molecule has 0 aromatic heterocycles. The number of anilines is 2. The average Bonchev–Trinajstić information content (AvgIpc) is 2.73. The lowest BCUT2D eigenvalue weighted by molar-refractivity contribution is -0.137. The van der Waals surface area contributed by atoms with Gasteiger partial charge in [0.15, 0.2) is 0 Å². The Morgan fingerprint density at radius 3 is 2.40 bits per heavy atom. The largest absolute Gasteiger partial charge is 0.508 e. The third kappa shape index (κ3) is 4.56. The third-order valence-electron chi connectivity index (χ3n) is 6.33. The van der Waals surface area contributed by atoms with Crippen molar-refractivity contribution in [3.8, 4) is 5.75 Å². The van der Waals surface area contributed by atoms with E-state index < -0.39 is 11.7 Å². The van der Waals surface area contributed by atoms with Gasteiger partial charge in [-0.3, -0.25) is 0 Å². The number of alkyl halides is 3. The van der Waals surface area contributed by atoms with Crippen LogP contribution in [0.3, 0.4) is 0 Å². The number of rotatable bonds is 3. The number of benzene rings is 2. The summed E-state index contributed by atoms with van der Waals surface area (Å²) < 4.78 is 40.1. The smallest absolute Gasteiger partial charge is 0.416 e. The van der Waals surface area contributed by atoms with E-state index in [9.17, 15) is 18.3 Å². The van der Waals surface area contributed by atoms with Crippen molar-refractivity contribution in [3.63, 3.8) is 0 Å². The van der Waals surface area contributed by atoms with Gasteiger partial charge in [-0.1, -0.05) is 31.5 Å². The maximum atomic E-state index is 13.4. The Morgan fingerprint density at radius 1 is 1.00 bits per heavy atom. The fraction of sp³-hybridized carbons (Fsp3) is 0.435. The van der Waals surface area contributed by atoms with Crippen molar-refractivity contribution >= 4 is 28.6 Å². The van der Waals surface area contributed by atoms with Crippen LogP contribution in [0.1, 0.15) is 43.2 Å². The molecular formula is C23H25F3N2OS. The molecule has 3 nitrogen and oxygen atoms in total. The minimum atomic E-state index is -4.43. The molecule has 1 aliphatic carbocycles. The van der Waals surface area contributed by atoms with Gasteiger partial charge in [-0.15, -0.1) is 0 Å². The van der Waals surface area contributed by atoms with Crippen LogP contribution in [0.25, 0.3) is 0 Å². The normalized spacial score (nSPS) is 21.8. The summed E-state index contributed by atoms with van der Waals surface area (Å²) in [5.41, 5.74) is 1.07. The number of hydrogen-bond donors (Lipinski definition) is 2. The molecule has 1 saturated carbocycles. The fourth-order valence-electron chi connectivity index (χ4n) is 4.72. The molecule has 2 aromatic carbocycles. The van der Waals surface area contributed by atoms with Crippen LogP contribution >= 0.6 is 12.2 Å². The topological polar surface area (TPSA) is 35.5 Å². The number of thiocarbonyl (C=S) groups is 1. The van der Waals surface area contributed by atoms with Gasteiger partial charge in [-0.05, 0) is 67.1 Å². The number of phenolic OH excluding ortho intramolecular Hbond substituents is 1. The Balaban J connectivity index is 1.62. The summed E-state index contributed by atoms with van der Waals surface area (Å²) in [6.45, 7) is 1.71. The van der Waals surface area contributed by atoms with E-state index in [0.717, 1.165) is 43.2 Å². The molecule has 30 heavy (non-hydrogen) atoms. The van der Waals surface area contributed by atoms with Crippen LogP contribution in [0, 0.1) is 11.8 Å². The molecule has 1 heterocycles. The number of nitrogens with zero attached hydrogens (tertiary/aromatic N) is 1. The van der Waals surface area contributed by atoms with E-state index in [2.05, 4.69) is 10.2 Å². The van der Waals surface area contributed by atoms with E-state index in [1.165, 1.54) is 37.8 Å². The molecule has 7 heteroatoms. The van der Waals surface area contributed by atoms with Gasteiger partial charge in [-0.25, -0.2) is 0 Å². The SMILES string of the molecule is Oc1ccc(C(=S)Nc2cc(C(F)(F)F)ccc2N2CC[C@H]3CCCC[C@@H]3C2)cc1. The summed E-state index contributed by atoms with van der Waals surface area (Å²) >= 11 is 5.44. The summed E-state index contributed by atoms with van der Waals surface area (Å²) in [5, 5.41) is 12.5. The molecular weight excluding hydrogens is 409 g/mol. The Kier molecular flexibility index (Phi) is 5.91. The Hall–Kier alpha value is -2.28. The second kappa shape index (κ2) is 8.46. The molecule has 160 valence electrons. The minimum Gasteiger partial charge on any atom is -0.508 e. The first-order valence-corrected chi connectivity index (χ1v) is 10.8. The van der Waals surface area contributed by atoms with Gasteiger partial charge in [0.25, 0.3) is 0 Å². The number of phenols is 1. The predicted octanol–water partition coefficient (Wildman–Crippen LogP) is 6.22.